The van der Waals surface area contributed by atoms with Crippen molar-refractivity contribution in [3.8, 4) is 0 Å². The largest absolute Gasteiger partial charge is 0.417 e. The van der Waals surface area contributed by atoms with E-state index in [1.807, 2.05) is 9.80 Å². The Bertz CT molecular complexity index is 876. The molecule has 2 saturated heterocycles. The average Bonchev–Trinajstić information content (AvgIpc) is 3.29. The van der Waals surface area contributed by atoms with E-state index in [0.717, 1.165) is 37.9 Å². The Morgan fingerprint density at radius 1 is 1.23 bits per heavy atom. The summed E-state index contributed by atoms with van der Waals surface area (Å²) >= 11 is 0. The molecule has 196 valence electrons. The quantitative estimate of drug-likeness (QED) is 0.649. The van der Waals surface area contributed by atoms with Crippen molar-refractivity contribution in [2.75, 3.05) is 51.4 Å². The molecule has 10 heteroatoms. The summed E-state index contributed by atoms with van der Waals surface area (Å²) in [5, 5.41) is 3.75. The van der Waals surface area contributed by atoms with Crippen molar-refractivity contribution in [1.29, 1.82) is 0 Å². The number of anilines is 1. The van der Waals surface area contributed by atoms with Crippen molar-refractivity contribution in [3.63, 3.8) is 0 Å². The topological polar surface area (TPSA) is 66.9 Å². The summed E-state index contributed by atoms with van der Waals surface area (Å²) < 4.78 is 50.4. The number of hydrogen-bond donors (Lipinski definition) is 1. The minimum atomic E-state index is -4.43. The molecule has 7 nitrogen and oxygen atoms in total. The lowest BCUT2D eigenvalue weighted by atomic mass is 9.74. The predicted molar refractivity (Wildman–Crippen MR) is 126 cm³/mol. The zero-order valence-electron chi connectivity index (χ0n) is 20.8. The summed E-state index contributed by atoms with van der Waals surface area (Å²) in [4.78, 5) is 21.4. The van der Waals surface area contributed by atoms with E-state index >= 15 is 0 Å². The number of carbonyl (C=O) groups excluding carboxylic acids is 1. The van der Waals surface area contributed by atoms with Gasteiger partial charge in [-0.25, -0.2) is 0 Å². The molecule has 3 aliphatic rings. The average molecular weight is 499 g/mol. The first-order valence-corrected chi connectivity index (χ1v) is 12.6. The number of amides is 1. The van der Waals surface area contributed by atoms with Gasteiger partial charge in [0.25, 0.3) is 0 Å². The molecule has 1 aromatic heterocycles. The second kappa shape index (κ2) is 10.6. The molecule has 0 aromatic carbocycles. The van der Waals surface area contributed by atoms with E-state index < -0.39 is 17.2 Å². The highest BCUT2D eigenvalue weighted by atomic mass is 19.4. The van der Waals surface area contributed by atoms with Gasteiger partial charge in [0.05, 0.1) is 35.6 Å². The number of ether oxygens (including phenoxy) is 2. The highest BCUT2D eigenvalue weighted by Crippen LogP contribution is 2.46. The zero-order chi connectivity index (χ0) is 25.2. The first-order chi connectivity index (χ1) is 16.6. The minimum absolute atomic E-state index is 0.0203. The number of nitrogens with one attached hydrogen (secondary N) is 1. The van der Waals surface area contributed by atoms with Crippen LogP contribution < -0.4 is 10.2 Å². The Morgan fingerprint density at radius 2 is 1.97 bits per heavy atom. The van der Waals surface area contributed by atoms with Crippen molar-refractivity contribution in [1.82, 2.24) is 15.2 Å². The number of hydrogen-bond acceptors (Lipinski definition) is 6. The smallest absolute Gasteiger partial charge is 0.379 e. The van der Waals surface area contributed by atoms with Gasteiger partial charge in [-0.05, 0) is 37.7 Å². The molecule has 0 radical (unpaired) electrons. The van der Waals surface area contributed by atoms with Crippen LogP contribution in [0.2, 0.25) is 0 Å². The van der Waals surface area contributed by atoms with Crippen molar-refractivity contribution >= 4 is 11.6 Å². The van der Waals surface area contributed by atoms with Gasteiger partial charge in [-0.2, -0.15) is 13.2 Å². The van der Waals surface area contributed by atoms with Crippen LogP contribution in [0.3, 0.4) is 0 Å². The first-order valence-electron chi connectivity index (χ1n) is 12.6. The predicted octanol–water partition coefficient (Wildman–Crippen LogP) is 3.34. The Morgan fingerprint density at radius 3 is 2.63 bits per heavy atom. The summed E-state index contributed by atoms with van der Waals surface area (Å²) in [5.74, 6) is 0.370. The lowest BCUT2D eigenvalue weighted by Gasteiger charge is -2.42. The second-order valence-corrected chi connectivity index (χ2v) is 10.4. The molecule has 1 aromatic rings. The number of halogens is 3. The Balaban J connectivity index is 1.38. The second-order valence-electron chi connectivity index (χ2n) is 10.4. The Labute approximate surface area is 205 Å². The third-order valence-electron chi connectivity index (χ3n) is 8.12. The highest BCUT2D eigenvalue weighted by Gasteiger charge is 2.50. The fourth-order valence-corrected chi connectivity index (χ4v) is 5.86. The van der Waals surface area contributed by atoms with Crippen LogP contribution in [0.1, 0.15) is 45.1 Å². The van der Waals surface area contributed by atoms with Gasteiger partial charge in [-0.1, -0.05) is 13.8 Å². The lowest BCUT2D eigenvalue weighted by molar-refractivity contribution is -0.145. The molecule has 0 spiro atoms. The molecule has 1 N–H and O–H groups in total. The molecular formula is C25H37F3N4O3. The molecule has 4 rings (SSSR count). The molecule has 3 heterocycles. The number of piperazine rings is 1. The van der Waals surface area contributed by atoms with E-state index in [1.54, 1.807) is 7.11 Å². The highest BCUT2D eigenvalue weighted by molar-refractivity contribution is 5.84. The SMILES string of the molecule is CO[C@@H]1COCCC1N[C@@H]1CCC(C(=O)N2CCN(c3cncc(C(F)(F)F)c3)CC2)(C(C)C)C1. The number of aromatic nitrogens is 1. The van der Waals surface area contributed by atoms with Crippen LogP contribution in [0.4, 0.5) is 18.9 Å². The standard InChI is InChI=1S/C25H37F3N4O3/c1-17(2)24(6-4-19(13-24)30-21-5-11-35-16-22(21)34-3)23(33)32-9-7-31(8-10-32)20-12-18(14-29-15-20)25(26,27)28/h12,14-15,17,19,21-22,30H,4-11,13,16H2,1-3H3/t19-,21?,22-,24?/m1/s1. The molecule has 4 atom stereocenters. The summed E-state index contributed by atoms with van der Waals surface area (Å²) in [6.45, 7) is 7.50. The third kappa shape index (κ3) is 5.59. The fourth-order valence-electron chi connectivity index (χ4n) is 5.86. The van der Waals surface area contributed by atoms with Gasteiger partial charge in [0.2, 0.25) is 5.91 Å². The van der Waals surface area contributed by atoms with E-state index in [1.165, 1.54) is 6.20 Å². The molecule has 35 heavy (non-hydrogen) atoms. The number of carbonyl (C=O) groups is 1. The van der Waals surface area contributed by atoms with Gasteiger partial charge in [-0.15, -0.1) is 0 Å². The van der Waals surface area contributed by atoms with E-state index in [9.17, 15) is 18.0 Å². The monoisotopic (exact) mass is 498 g/mol. The minimum Gasteiger partial charge on any atom is -0.379 e. The Hall–Kier alpha value is -1.91. The van der Waals surface area contributed by atoms with Crippen molar-refractivity contribution < 1.29 is 27.4 Å². The van der Waals surface area contributed by atoms with E-state index in [4.69, 9.17) is 9.47 Å². The lowest BCUT2D eigenvalue weighted by Crippen LogP contribution is -2.55. The summed E-state index contributed by atoms with van der Waals surface area (Å²) in [6, 6.07) is 1.61. The van der Waals surface area contributed by atoms with Crippen LogP contribution in [-0.4, -0.2) is 80.5 Å². The molecule has 1 aliphatic carbocycles. The summed E-state index contributed by atoms with van der Waals surface area (Å²) in [7, 11) is 1.71. The maximum Gasteiger partial charge on any atom is 0.417 e. The summed E-state index contributed by atoms with van der Waals surface area (Å²) in [5.41, 5.74) is -0.734. The molecule has 0 bridgehead atoms. The Kier molecular flexibility index (Phi) is 7.92. The maximum atomic E-state index is 13.8. The van der Waals surface area contributed by atoms with Crippen LogP contribution in [0.25, 0.3) is 0 Å². The number of methoxy groups -OCH3 is 1. The van der Waals surface area contributed by atoms with Crippen LogP contribution in [0, 0.1) is 11.3 Å². The normalized spacial score (nSPS) is 30.2. The van der Waals surface area contributed by atoms with Gasteiger partial charge in [0.15, 0.2) is 0 Å². The first kappa shape index (κ1) is 26.2. The molecule has 2 aliphatic heterocycles. The number of rotatable bonds is 6. The zero-order valence-corrected chi connectivity index (χ0v) is 20.8. The van der Waals surface area contributed by atoms with Crippen LogP contribution in [0.15, 0.2) is 18.5 Å². The fraction of sp³-hybridized carbons (Fsp3) is 0.760. The van der Waals surface area contributed by atoms with Crippen molar-refractivity contribution in [2.24, 2.45) is 11.3 Å². The summed E-state index contributed by atoms with van der Waals surface area (Å²) in [6.07, 6.45) is 1.35. The molecule has 1 amide bonds. The van der Waals surface area contributed by atoms with Crippen LogP contribution >= 0.6 is 0 Å². The number of nitrogens with zero attached hydrogens (tertiary/aromatic N) is 3. The van der Waals surface area contributed by atoms with Crippen LogP contribution in [0.5, 0.6) is 0 Å². The van der Waals surface area contributed by atoms with E-state index in [-0.39, 0.29) is 30.0 Å². The number of alkyl halides is 3. The molecular weight excluding hydrogens is 461 g/mol. The molecule has 2 unspecified atom stereocenters. The molecule has 1 saturated carbocycles. The van der Waals surface area contributed by atoms with Crippen molar-refractivity contribution in [2.45, 2.75) is 63.9 Å². The van der Waals surface area contributed by atoms with E-state index in [0.29, 0.717) is 45.1 Å². The van der Waals surface area contributed by atoms with E-state index in [2.05, 4.69) is 24.1 Å². The maximum absolute atomic E-state index is 13.8. The van der Waals surface area contributed by atoms with Gasteiger partial charge in [0, 0.05) is 58.2 Å². The van der Waals surface area contributed by atoms with Crippen LogP contribution in [-0.2, 0) is 20.4 Å². The van der Waals surface area contributed by atoms with Gasteiger partial charge >= 0.3 is 6.18 Å². The number of pyridine rings is 1. The third-order valence-corrected chi connectivity index (χ3v) is 8.12. The van der Waals surface area contributed by atoms with Gasteiger partial charge < -0.3 is 24.6 Å². The molecule has 3 fully saturated rings. The van der Waals surface area contributed by atoms with Gasteiger partial charge in [0.1, 0.15) is 0 Å². The van der Waals surface area contributed by atoms with Crippen molar-refractivity contribution in [3.05, 3.63) is 24.0 Å². The van der Waals surface area contributed by atoms with Gasteiger partial charge in [-0.3, -0.25) is 9.78 Å².